The van der Waals surface area contributed by atoms with Crippen LogP contribution >= 0.6 is 34.5 Å². The van der Waals surface area contributed by atoms with Gasteiger partial charge in [-0.05, 0) is 37.3 Å². The second-order valence-electron chi connectivity index (χ2n) is 5.92. The molecule has 0 radical (unpaired) electrons. The number of halogens is 2. The van der Waals surface area contributed by atoms with Crippen molar-refractivity contribution in [2.45, 2.75) is 19.8 Å². The molecule has 0 atom stereocenters. The number of amides is 1. The van der Waals surface area contributed by atoms with Gasteiger partial charge < -0.3 is 10.1 Å². The van der Waals surface area contributed by atoms with Gasteiger partial charge in [0.25, 0.3) is 0 Å². The molecule has 2 aromatic heterocycles. The van der Waals surface area contributed by atoms with E-state index in [1.54, 1.807) is 30.3 Å². The molecule has 0 aliphatic rings. The maximum Gasteiger partial charge on any atom is 0.238 e. The highest BCUT2D eigenvalue weighted by Crippen LogP contribution is 2.33. The van der Waals surface area contributed by atoms with Crippen molar-refractivity contribution in [2.75, 3.05) is 5.32 Å². The van der Waals surface area contributed by atoms with Crippen LogP contribution in [-0.4, -0.2) is 16.7 Å². The van der Waals surface area contributed by atoms with Gasteiger partial charge in [-0.25, -0.2) is 4.98 Å². The minimum atomic E-state index is -0.284. The Kier molecular flexibility index (Phi) is 6.67. The monoisotopic (exact) mass is 434 g/mol. The summed E-state index contributed by atoms with van der Waals surface area (Å²) in [6.45, 7) is 1.94. The smallest absolute Gasteiger partial charge is 0.238 e. The summed E-state index contributed by atoms with van der Waals surface area (Å²) in [6.07, 6.45) is 1.63. The zero-order chi connectivity index (χ0) is 20.1. The summed E-state index contributed by atoms with van der Waals surface area (Å²) in [5.41, 5.74) is 0.458. The number of para-hydroxylation sites is 2. The van der Waals surface area contributed by atoms with Crippen LogP contribution in [0.5, 0.6) is 11.6 Å². The van der Waals surface area contributed by atoms with Crippen molar-refractivity contribution >= 4 is 51.9 Å². The van der Waals surface area contributed by atoms with Gasteiger partial charge in [-0.15, -0.1) is 11.3 Å². The second kappa shape index (κ2) is 9.19. The van der Waals surface area contributed by atoms with Crippen molar-refractivity contribution in [1.82, 2.24) is 4.98 Å². The number of hydrogen-bond acceptors (Lipinski definition) is 5. The fraction of sp³-hybridized carbons (Fsp3) is 0.150. The van der Waals surface area contributed by atoms with Crippen LogP contribution in [0.15, 0.2) is 48.7 Å². The van der Waals surface area contributed by atoms with E-state index in [0.717, 1.165) is 4.88 Å². The topological polar surface area (TPSA) is 68.3 Å². The van der Waals surface area contributed by atoms with Crippen molar-refractivity contribution in [2.24, 2.45) is 0 Å². The summed E-state index contributed by atoms with van der Waals surface area (Å²) >= 11 is 13.4. The maximum absolute atomic E-state index is 12.3. The Morgan fingerprint density at radius 1 is 1.14 bits per heavy atom. The normalized spacial score (nSPS) is 10.5. The molecule has 0 saturated carbocycles. The van der Waals surface area contributed by atoms with Gasteiger partial charge in [0.1, 0.15) is 5.02 Å². The van der Waals surface area contributed by atoms with Gasteiger partial charge in [0, 0.05) is 23.9 Å². The van der Waals surface area contributed by atoms with E-state index in [0.29, 0.717) is 21.3 Å². The molecule has 1 N–H and O–H groups in total. The lowest BCUT2D eigenvalue weighted by molar-refractivity contribution is -0.116. The number of ether oxygens (including phenoxy) is 1. The molecule has 0 fully saturated rings. The molecule has 3 aromatic rings. The highest BCUT2D eigenvalue weighted by atomic mass is 35.5. The molecule has 144 valence electrons. The number of nitrogens with zero attached hydrogens (tertiary/aromatic N) is 1. The van der Waals surface area contributed by atoms with E-state index in [1.165, 1.54) is 23.6 Å². The van der Waals surface area contributed by atoms with Gasteiger partial charge in [-0.1, -0.05) is 35.3 Å². The van der Waals surface area contributed by atoms with Gasteiger partial charge in [0.05, 0.1) is 15.6 Å². The number of anilines is 1. The quantitative estimate of drug-likeness (QED) is 0.452. The van der Waals surface area contributed by atoms with Crippen molar-refractivity contribution in [3.63, 3.8) is 0 Å². The summed E-state index contributed by atoms with van der Waals surface area (Å²) in [5, 5.41) is 3.41. The number of nitrogens with one attached hydrogen (secondary N) is 1. The Bertz CT molecular complexity index is 1020. The van der Waals surface area contributed by atoms with E-state index in [9.17, 15) is 9.59 Å². The minimum Gasteiger partial charge on any atom is -0.435 e. The lowest BCUT2D eigenvalue weighted by Gasteiger charge is -2.12. The molecule has 0 bridgehead atoms. The fourth-order valence-electron chi connectivity index (χ4n) is 2.39. The SMILES string of the molecule is Cc1ccc(C(=O)CCC(=O)Nc2ccccc2Oc2ncc(Cl)cc2Cl)s1. The number of Topliss-reactive ketones (excluding diaryl/α,β-unsaturated/α-hetero) is 1. The number of benzene rings is 1. The average Bonchev–Trinajstić information content (AvgIpc) is 3.10. The number of thiophene rings is 1. The average molecular weight is 435 g/mol. The first-order chi connectivity index (χ1) is 13.4. The van der Waals surface area contributed by atoms with Crippen LogP contribution in [0, 0.1) is 6.92 Å². The van der Waals surface area contributed by atoms with Crippen LogP contribution in [-0.2, 0) is 4.79 Å². The number of rotatable bonds is 7. The van der Waals surface area contributed by atoms with E-state index in [4.69, 9.17) is 27.9 Å². The molecule has 1 aromatic carbocycles. The van der Waals surface area contributed by atoms with Crippen molar-refractivity contribution < 1.29 is 14.3 Å². The van der Waals surface area contributed by atoms with E-state index >= 15 is 0 Å². The predicted octanol–water partition coefficient (Wildman–Crippen LogP) is 6.15. The molecule has 0 spiro atoms. The molecule has 2 heterocycles. The van der Waals surface area contributed by atoms with Crippen LogP contribution in [0.1, 0.15) is 27.4 Å². The maximum atomic E-state index is 12.3. The third kappa shape index (κ3) is 5.32. The Labute approximate surface area is 176 Å². The summed E-state index contributed by atoms with van der Waals surface area (Å²) < 4.78 is 5.71. The van der Waals surface area contributed by atoms with Crippen LogP contribution < -0.4 is 10.1 Å². The first kappa shape index (κ1) is 20.3. The molecule has 0 aliphatic heterocycles. The molecular weight excluding hydrogens is 419 g/mol. The summed E-state index contributed by atoms with van der Waals surface area (Å²) in [5.74, 6) is 0.228. The number of hydrogen-bond donors (Lipinski definition) is 1. The predicted molar refractivity (Wildman–Crippen MR) is 112 cm³/mol. The van der Waals surface area contributed by atoms with Crippen molar-refractivity contribution in [3.8, 4) is 11.6 Å². The Hall–Kier alpha value is -2.41. The van der Waals surface area contributed by atoms with Crippen LogP contribution in [0.2, 0.25) is 10.0 Å². The molecule has 8 heteroatoms. The van der Waals surface area contributed by atoms with Gasteiger partial charge in [0.15, 0.2) is 11.5 Å². The number of carbonyl (C=O) groups excluding carboxylic acids is 2. The number of carbonyl (C=O) groups is 2. The summed E-state index contributed by atoms with van der Waals surface area (Å²) in [4.78, 5) is 30.2. The number of ketones is 1. The van der Waals surface area contributed by atoms with Gasteiger partial charge in [-0.3, -0.25) is 9.59 Å². The van der Waals surface area contributed by atoms with Crippen molar-refractivity contribution in [3.05, 3.63) is 68.5 Å². The zero-order valence-corrected chi connectivity index (χ0v) is 17.2. The Morgan fingerprint density at radius 2 is 1.93 bits per heavy atom. The lowest BCUT2D eigenvalue weighted by Crippen LogP contribution is -2.13. The molecular formula is C20H16Cl2N2O3S. The number of aromatic nitrogens is 1. The highest BCUT2D eigenvalue weighted by molar-refractivity contribution is 7.14. The molecule has 5 nitrogen and oxygen atoms in total. The van der Waals surface area contributed by atoms with Gasteiger partial charge >= 0.3 is 0 Å². The number of pyridine rings is 1. The molecule has 0 aliphatic carbocycles. The van der Waals surface area contributed by atoms with Crippen molar-refractivity contribution in [1.29, 1.82) is 0 Å². The molecule has 3 rings (SSSR count). The Balaban J connectivity index is 1.64. The Morgan fingerprint density at radius 3 is 2.64 bits per heavy atom. The second-order valence-corrected chi connectivity index (χ2v) is 8.05. The molecule has 1 amide bonds. The first-order valence-electron chi connectivity index (χ1n) is 8.40. The summed E-state index contributed by atoms with van der Waals surface area (Å²) in [7, 11) is 0. The van der Waals surface area contributed by atoms with Gasteiger partial charge in [-0.2, -0.15) is 0 Å². The van der Waals surface area contributed by atoms with Crippen LogP contribution in [0.25, 0.3) is 0 Å². The van der Waals surface area contributed by atoms with Crippen LogP contribution in [0.3, 0.4) is 0 Å². The lowest BCUT2D eigenvalue weighted by atomic mass is 10.2. The fourth-order valence-corrected chi connectivity index (χ4v) is 3.64. The standard InChI is InChI=1S/C20H16Cl2N2O3S/c1-12-6-8-18(28-12)16(25)7-9-19(26)24-15-4-2-3-5-17(15)27-20-14(22)10-13(21)11-23-20/h2-6,8,10-11H,7,9H2,1H3,(H,24,26). The molecule has 0 saturated heterocycles. The molecule has 28 heavy (non-hydrogen) atoms. The number of aryl methyl sites for hydroxylation is 1. The first-order valence-corrected chi connectivity index (χ1v) is 9.97. The van der Waals surface area contributed by atoms with Crippen LogP contribution in [0.4, 0.5) is 5.69 Å². The van der Waals surface area contributed by atoms with Gasteiger partial charge in [0.2, 0.25) is 11.8 Å². The molecule has 0 unspecified atom stereocenters. The van der Waals surface area contributed by atoms with E-state index in [2.05, 4.69) is 10.3 Å². The third-order valence-electron chi connectivity index (χ3n) is 3.74. The third-order valence-corrected chi connectivity index (χ3v) is 5.26. The summed E-state index contributed by atoms with van der Waals surface area (Å²) in [6, 6.07) is 12.1. The minimum absolute atomic E-state index is 0.0464. The zero-order valence-electron chi connectivity index (χ0n) is 14.9. The van der Waals surface area contributed by atoms with E-state index < -0.39 is 0 Å². The van der Waals surface area contributed by atoms with E-state index in [1.807, 2.05) is 13.0 Å². The highest BCUT2D eigenvalue weighted by Gasteiger charge is 2.14. The van der Waals surface area contributed by atoms with E-state index in [-0.39, 0.29) is 35.4 Å². The largest absolute Gasteiger partial charge is 0.435 e.